The van der Waals surface area contributed by atoms with Gasteiger partial charge >= 0.3 is 51.4 Å². The smallest absolute Gasteiger partial charge is 0.545 e. The number of carbonyl (C=O) groups excluding carboxylic acids is 2. The van der Waals surface area contributed by atoms with E-state index in [0.717, 1.165) is 30.7 Å². The molecule has 8 heteroatoms. The van der Waals surface area contributed by atoms with Gasteiger partial charge in [-0.2, -0.15) is 17.4 Å². The van der Waals surface area contributed by atoms with E-state index in [1.54, 1.807) is 31.4 Å². The molecular formula is C33H48FKN2O4-2. The zero-order chi connectivity index (χ0) is 29.8. The van der Waals surface area contributed by atoms with E-state index in [2.05, 4.69) is 51.9 Å². The Bertz CT molecular complexity index is 1010. The van der Waals surface area contributed by atoms with Crippen molar-refractivity contribution in [1.29, 1.82) is 5.26 Å². The first kappa shape index (κ1) is 43.8. The van der Waals surface area contributed by atoms with Crippen LogP contribution in [-0.2, 0) is 20.7 Å². The van der Waals surface area contributed by atoms with Crippen LogP contribution in [0, 0.1) is 36.6 Å². The molecule has 2 rings (SSSR count). The van der Waals surface area contributed by atoms with Crippen LogP contribution in [0.1, 0.15) is 78.7 Å². The van der Waals surface area contributed by atoms with Gasteiger partial charge in [0.2, 0.25) is 0 Å². The van der Waals surface area contributed by atoms with Gasteiger partial charge in [0, 0.05) is 19.3 Å². The van der Waals surface area contributed by atoms with Gasteiger partial charge in [0.1, 0.15) is 17.5 Å². The molecule has 0 bridgehead atoms. The number of hydrogen-bond donors (Lipinski definition) is 1. The van der Waals surface area contributed by atoms with E-state index in [1.165, 1.54) is 19.6 Å². The predicted molar refractivity (Wildman–Crippen MR) is 161 cm³/mol. The number of hydrogen-bond acceptors (Lipinski definition) is 5. The summed E-state index contributed by atoms with van der Waals surface area (Å²) in [4.78, 5) is 20.7. The molecule has 0 fully saturated rings. The summed E-state index contributed by atoms with van der Waals surface area (Å²) in [5, 5.41) is 12.4. The van der Waals surface area contributed by atoms with Gasteiger partial charge in [0.15, 0.2) is 0 Å². The van der Waals surface area contributed by atoms with E-state index in [4.69, 9.17) is 14.3 Å². The molecule has 0 aromatic heterocycles. The van der Waals surface area contributed by atoms with E-state index in [1.807, 2.05) is 13.0 Å². The monoisotopic (exact) mass is 594 g/mol. The SMILES string of the molecule is CCC(C)C.CCCCCC(CC)(OC)C(=O)NC(C#N)Cc1ccc(-c2c[c-]c(OC)cc2)cc1F.[CH-]=O.[CH3-].[K+]. The van der Waals surface area contributed by atoms with Crippen molar-refractivity contribution in [3.63, 3.8) is 0 Å². The number of nitrogens with one attached hydrogen (secondary N) is 1. The molecule has 2 atom stereocenters. The largest absolute Gasteiger partial charge is 1.00 e. The first-order valence-corrected chi connectivity index (χ1v) is 13.5. The molecule has 0 radical (unpaired) electrons. The Morgan fingerprint density at radius 2 is 1.73 bits per heavy atom. The Kier molecular flexibility index (Phi) is 26.7. The molecule has 2 aromatic carbocycles. The predicted octanol–water partition coefficient (Wildman–Crippen LogP) is 4.46. The average Bonchev–Trinajstić information content (AvgIpc) is 2.97. The topological polar surface area (TPSA) is 88.4 Å². The van der Waals surface area contributed by atoms with E-state index in [-0.39, 0.29) is 71.1 Å². The Morgan fingerprint density at radius 3 is 2.15 bits per heavy atom. The molecule has 0 heterocycles. The number of nitrogens with zero attached hydrogens (tertiary/aromatic N) is 1. The molecule has 0 spiro atoms. The van der Waals surface area contributed by atoms with Crippen LogP contribution in [0.25, 0.3) is 11.1 Å². The van der Waals surface area contributed by atoms with Gasteiger partial charge in [-0.05, 0) is 30.4 Å². The molecule has 1 N–H and O–H groups in total. The van der Waals surface area contributed by atoms with Crippen LogP contribution in [0.15, 0.2) is 36.4 Å². The number of unbranched alkanes of at least 4 members (excludes halogenated alkanes) is 2. The van der Waals surface area contributed by atoms with Crippen LogP contribution in [0.3, 0.4) is 0 Å². The number of amides is 1. The van der Waals surface area contributed by atoms with E-state index >= 15 is 0 Å². The summed E-state index contributed by atoms with van der Waals surface area (Å²) < 4.78 is 25.5. The van der Waals surface area contributed by atoms with Crippen LogP contribution in [-0.4, -0.2) is 38.6 Å². The van der Waals surface area contributed by atoms with Gasteiger partial charge in [-0.3, -0.25) is 11.6 Å². The second kappa shape index (κ2) is 24.9. The molecule has 0 saturated heterocycles. The van der Waals surface area contributed by atoms with Gasteiger partial charge in [-0.15, -0.1) is 17.7 Å². The Morgan fingerprint density at radius 1 is 1.12 bits per heavy atom. The van der Waals surface area contributed by atoms with Crippen LogP contribution in [0.2, 0.25) is 0 Å². The third-order valence-electron chi connectivity index (χ3n) is 6.65. The zero-order valence-electron chi connectivity index (χ0n) is 26.6. The quantitative estimate of drug-likeness (QED) is 0.160. The summed E-state index contributed by atoms with van der Waals surface area (Å²) in [7, 11) is 3.08. The summed E-state index contributed by atoms with van der Waals surface area (Å²) in [6, 6.07) is 14.4. The molecule has 41 heavy (non-hydrogen) atoms. The molecule has 0 aliphatic carbocycles. The molecular weight excluding hydrogens is 546 g/mol. The van der Waals surface area contributed by atoms with Crippen LogP contribution >= 0.6 is 0 Å². The van der Waals surface area contributed by atoms with E-state index < -0.39 is 17.5 Å². The zero-order valence-corrected chi connectivity index (χ0v) is 29.7. The van der Waals surface area contributed by atoms with Crippen molar-refractivity contribution in [2.24, 2.45) is 5.92 Å². The Balaban J connectivity index is -0.00000145. The molecule has 2 aromatic rings. The number of benzene rings is 2. The van der Waals surface area contributed by atoms with Crippen LogP contribution in [0.5, 0.6) is 5.75 Å². The maximum atomic E-state index is 14.8. The summed E-state index contributed by atoms with van der Waals surface area (Å²) in [6.07, 6.45) is 5.36. The molecule has 0 aliphatic heterocycles. The van der Waals surface area contributed by atoms with Crippen molar-refractivity contribution in [2.75, 3.05) is 14.2 Å². The summed E-state index contributed by atoms with van der Waals surface area (Å²) in [5.74, 6) is 0.738. The minimum atomic E-state index is -0.975. The fourth-order valence-electron chi connectivity index (χ4n) is 3.70. The van der Waals surface area contributed by atoms with Gasteiger partial charge in [0.25, 0.3) is 5.91 Å². The molecule has 224 valence electrons. The number of rotatable bonds is 13. The number of carbonyl (C=O) groups is 1. The number of halogens is 1. The third-order valence-corrected chi connectivity index (χ3v) is 6.65. The van der Waals surface area contributed by atoms with Gasteiger partial charge in [-0.25, -0.2) is 4.39 Å². The summed E-state index contributed by atoms with van der Waals surface area (Å²) in [5.41, 5.74) is 0.894. The fraction of sp³-hybridized carbons (Fsp3) is 0.515. The van der Waals surface area contributed by atoms with Gasteiger partial charge in [0.05, 0.1) is 13.2 Å². The first-order chi connectivity index (χ1) is 18.7. The summed E-state index contributed by atoms with van der Waals surface area (Å²) in [6.45, 7) is 13.9. The minimum absolute atomic E-state index is 0. The minimum Gasteiger partial charge on any atom is -0.545 e. The molecule has 2 unspecified atom stereocenters. The Labute approximate surface area is 291 Å². The molecule has 6 nitrogen and oxygen atoms in total. The van der Waals surface area contributed by atoms with Crippen LogP contribution in [0.4, 0.5) is 4.39 Å². The van der Waals surface area contributed by atoms with Crippen molar-refractivity contribution in [1.82, 2.24) is 5.32 Å². The normalized spacial score (nSPS) is 11.9. The first-order valence-electron chi connectivity index (χ1n) is 13.5. The van der Waals surface area contributed by atoms with Crippen LogP contribution < -0.4 is 61.4 Å². The van der Waals surface area contributed by atoms with Crippen molar-refractivity contribution >= 4 is 12.7 Å². The second-order valence-electron chi connectivity index (χ2n) is 9.62. The van der Waals surface area contributed by atoms with Gasteiger partial charge < -0.3 is 27.0 Å². The standard InChI is InChI=1S/C26H32FN2O3.C5H12.CHO.CH3.K/c1-5-7-8-15-26(6-2,32-4)25(30)29-22(18-28)16-21-10-9-20(17-24(21)27)19-11-13-23(31-3)14-12-19;1-4-5(2)3;1-2;;/h9-13,17,22H,5-8,15-16H2,1-4H3,(H,29,30);5H,4H2,1-3H3;1H;1H3;/q-1;;2*-1;+1. The van der Waals surface area contributed by atoms with E-state index in [9.17, 15) is 14.4 Å². The maximum Gasteiger partial charge on any atom is 1.00 e. The van der Waals surface area contributed by atoms with Gasteiger partial charge in [-0.1, -0.05) is 78.0 Å². The number of nitriles is 1. The second-order valence-corrected chi connectivity index (χ2v) is 9.62. The summed E-state index contributed by atoms with van der Waals surface area (Å²) >= 11 is 0. The molecule has 1 amide bonds. The van der Waals surface area contributed by atoms with E-state index in [0.29, 0.717) is 29.7 Å². The third kappa shape index (κ3) is 15.4. The van der Waals surface area contributed by atoms with Crippen molar-refractivity contribution in [3.05, 3.63) is 61.3 Å². The molecule has 0 saturated carbocycles. The number of methoxy groups -OCH3 is 2. The average molecular weight is 595 g/mol. The Hall–Kier alpha value is -1.60. The maximum absolute atomic E-state index is 14.8. The molecule has 0 aliphatic rings. The van der Waals surface area contributed by atoms with Crippen molar-refractivity contribution in [2.45, 2.75) is 91.2 Å². The van der Waals surface area contributed by atoms with Crippen molar-refractivity contribution < 1.29 is 74.8 Å². The van der Waals surface area contributed by atoms with Crippen molar-refractivity contribution in [3.8, 4) is 22.9 Å². The fourth-order valence-corrected chi connectivity index (χ4v) is 3.70. The number of ether oxygens (including phenoxy) is 2.